The standard InChI is InChI=1S/C22H23F3N2O4S/c23-22(24,25)17-6-7-20-19(13-17)26-21(28)12-15-8-10-27(14-16(15)9-11-31-20)32(29,30)18-4-2-1-3-5-18/h1-7,13,15-16H,8-12,14H2,(H,26,28)/t15-,16-/m0/s1. The van der Waals surface area contributed by atoms with E-state index in [4.69, 9.17) is 4.74 Å². The largest absolute Gasteiger partial charge is 0.491 e. The number of benzene rings is 2. The molecule has 4 rings (SSSR count). The van der Waals surface area contributed by atoms with Crippen molar-refractivity contribution in [1.29, 1.82) is 0 Å². The highest BCUT2D eigenvalue weighted by molar-refractivity contribution is 7.89. The minimum atomic E-state index is -4.53. The second-order valence-corrected chi connectivity index (χ2v) is 10.0. The van der Waals surface area contributed by atoms with Gasteiger partial charge in [0.15, 0.2) is 0 Å². The molecule has 0 bridgehead atoms. The molecule has 1 fully saturated rings. The number of ether oxygens (including phenoxy) is 1. The maximum Gasteiger partial charge on any atom is 0.416 e. The van der Waals surface area contributed by atoms with Gasteiger partial charge in [-0.2, -0.15) is 17.5 Å². The Morgan fingerprint density at radius 1 is 1.03 bits per heavy atom. The lowest BCUT2D eigenvalue weighted by molar-refractivity contribution is -0.137. The number of rotatable bonds is 2. The average Bonchev–Trinajstić information content (AvgIpc) is 2.75. The van der Waals surface area contributed by atoms with E-state index in [1.165, 1.54) is 10.4 Å². The van der Waals surface area contributed by atoms with E-state index in [0.29, 0.717) is 12.8 Å². The third-order valence-electron chi connectivity index (χ3n) is 6.01. The SMILES string of the molecule is O=C1C[C@@H]2CCN(S(=O)(=O)c3ccccc3)C[C@@H]2CCOc2ccc(C(F)(F)F)cc2N1. The van der Waals surface area contributed by atoms with Crippen molar-refractivity contribution in [2.75, 3.05) is 25.0 Å². The fourth-order valence-corrected chi connectivity index (χ4v) is 5.83. The zero-order valence-corrected chi connectivity index (χ0v) is 18.0. The zero-order valence-electron chi connectivity index (χ0n) is 17.1. The van der Waals surface area contributed by atoms with E-state index in [0.717, 1.165) is 12.1 Å². The predicted molar refractivity (Wildman–Crippen MR) is 112 cm³/mol. The zero-order chi connectivity index (χ0) is 22.9. The van der Waals surface area contributed by atoms with Crippen LogP contribution in [0, 0.1) is 11.8 Å². The first-order chi connectivity index (χ1) is 15.1. The van der Waals surface area contributed by atoms with E-state index in [2.05, 4.69) is 5.32 Å². The van der Waals surface area contributed by atoms with Crippen LogP contribution in [0.4, 0.5) is 18.9 Å². The molecule has 6 nitrogen and oxygen atoms in total. The molecule has 2 heterocycles. The van der Waals surface area contributed by atoms with Crippen molar-refractivity contribution >= 4 is 21.6 Å². The highest BCUT2D eigenvalue weighted by Gasteiger charge is 2.37. The molecule has 2 atom stereocenters. The topological polar surface area (TPSA) is 75.7 Å². The van der Waals surface area contributed by atoms with Crippen LogP contribution in [0.3, 0.4) is 0 Å². The molecule has 0 saturated carbocycles. The number of hydrogen-bond donors (Lipinski definition) is 1. The lowest BCUT2D eigenvalue weighted by Gasteiger charge is -2.38. The maximum absolute atomic E-state index is 13.1. The number of sulfonamides is 1. The van der Waals surface area contributed by atoms with E-state index < -0.39 is 27.7 Å². The number of carbonyl (C=O) groups is 1. The van der Waals surface area contributed by atoms with Crippen molar-refractivity contribution in [1.82, 2.24) is 4.31 Å². The molecule has 2 aromatic rings. The van der Waals surface area contributed by atoms with Gasteiger partial charge in [0.25, 0.3) is 0 Å². The lowest BCUT2D eigenvalue weighted by Crippen LogP contribution is -2.45. The van der Waals surface area contributed by atoms with Crippen LogP contribution in [0.25, 0.3) is 0 Å². The number of alkyl halides is 3. The Bertz CT molecular complexity index is 1090. The Kier molecular flexibility index (Phi) is 6.17. The Labute approximate surface area is 184 Å². The van der Waals surface area contributed by atoms with Crippen molar-refractivity contribution in [2.24, 2.45) is 11.8 Å². The molecule has 0 aromatic heterocycles. The minimum Gasteiger partial charge on any atom is -0.491 e. The molecule has 0 aliphatic carbocycles. The summed E-state index contributed by atoms with van der Waals surface area (Å²) in [5, 5.41) is 2.55. The molecule has 32 heavy (non-hydrogen) atoms. The first-order valence-corrected chi connectivity index (χ1v) is 11.8. The number of nitrogens with zero attached hydrogens (tertiary/aromatic N) is 1. The van der Waals surface area contributed by atoms with Gasteiger partial charge in [-0.25, -0.2) is 8.42 Å². The highest BCUT2D eigenvalue weighted by atomic mass is 32.2. The first-order valence-electron chi connectivity index (χ1n) is 10.3. The Morgan fingerprint density at radius 2 is 1.78 bits per heavy atom. The van der Waals surface area contributed by atoms with Gasteiger partial charge in [-0.1, -0.05) is 18.2 Å². The Morgan fingerprint density at radius 3 is 2.50 bits per heavy atom. The summed E-state index contributed by atoms with van der Waals surface area (Å²) in [6, 6.07) is 11.2. The van der Waals surface area contributed by atoms with Crippen molar-refractivity contribution in [3.05, 3.63) is 54.1 Å². The van der Waals surface area contributed by atoms with Gasteiger partial charge in [0.2, 0.25) is 15.9 Å². The second-order valence-electron chi connectivity index (χ2n) is 8.08. The van der Waals surface area contributed by atoms with Crippen LogP contribution in [0.15, 0.2) is 53.4 Å². The maximum atomic E-state index is 13.1. The molecule has 0 unspecified atom stereocenters. The van der Waals surface area contributed by atoms with Crippen molar-refractivity contribution in [3.63, 3.8) is 0 Å². The van der Waals surface area contributed by atoms with Crippen LogP contribution in [-0.2, 0) is 21.0 Å². The molecule has 1 N–H and O–H groups in total. The molecular weight excluding hydrogens is 445 g/mol. The molecule has 10 heteroatoms. The van der Waals surface area contributed by atoms with Crippen LogP contribution >= 0.6 is 0 Å². The summed E-state index contributed by atoms with van der Waals surface area (Å²) in [6.45, 7) is 0.744. The number of halogens is 3. The molecular formula is C22H23F3N2O4S. The molecule has 172 valence electrons. The molecule has 2 aromatic carbocycles. The van der Waals surface area contributed by atoms with Crippen LogP contribution in [0.1, 0.15) is 24.8 Å². The molecule has 1 saturated heterocycles. The third-order valence-corrected chi connectivity index (χ3v) is 7.89. The van der Waals surface area contributed by atoms with Crippen molar-refractivity contribution in [3.8, 4) is 5.75 Å². The van der Waals surface area contributed by atoms with E-state index >= 15 is 0 Å². The van der Waals surface area contributed by atoms with Gasteiger partial charge >= 0.3 is 6.18 Å². The predicted octanol–water partition coefficient (Wildman–Crippen LogP) is 4.14. The fourth-order valence-electron chi connectivity index (χ4n) is 4.29. The summed E-state index contributed by atoms with van der Waals surface area (Å²) in [6.07, 6.45) is -3.45. The van der Waals surface area contributed by atoms with E-state index in [9.17, 15) is 26.4 Å². The number of carbonyl (C=O) groups excluding carboxylic acids is 1. The monoisotopic (exact) mass is 468 g/mol. The molecule has 1 amide bonds. The van der Waals surface area contributed by atoms with Gasteiger partial charge < -0.3 is 10.1 Å². The summed E-state index contributed by atoms with van der Waals surface area (Å²) in [5.41, 5.74) is -0.873. The Balaban J connectivity index is 1.53. The number of amides is 1. The first kappa shape index (κ1) is 22.6. The molecule has 2 aliphatic heterocycles. The summed E-state index contributed by atoms with van der Waals surface area (Å²) < 4.78 is 72.3. The van der Waals surface area contributed by atoms with Gasteiger partial charge in [-0.15, -0.1) is 0 Å². The van der Waals surface area contributed by atoms with Crippen LogP contribution in [-0.4, -0.2) is 38.3 Å². The van der Waals surface area contributed by atoms with Gasteiger partial charge in [0.1, 0.15) is 5.75 Å². The normalized spacial score (nSPS) is 22.8. The summed E-state index contributed by atoms with van der Waals surface area (Å²) in [5.74, 6) is -0.447. The smallest absolute Gasteiger partial charge is 0.416 e. The quantitative estimate of drug-likeness (QED) is 0.719. The third kappa shape index (κ3) is 4.75. The second kappa shape index (κ2) is 8.74. The number of piperidine rings is 1. The van der Waals surface area contributed by atoms with Crippen LogP contribution in [0.2, 0.25) is 0 Å². The Hall–Kier alpha value is -2.59. The number of nitrogens with one attached hydrogen (secondary N) is 1. The lowest BCUT2D eigenvalue weighted by atomic mass is 9.82. The minimum absolute atomic E-state index is 0.00707. The van der Waals surface area contributed by atoms with E-state index in [-0.39, 0.29) is 54.3 Å². The van der Waals surface area contributed by atoms with E-state index in [1.54, 1.807) is 30.3 Å². The number of fused-ring (bicyclic) bond motifs is 2. The van der Waals surface area contributed by atoms with Gasteiger partial charge in [-0.3, -0.25) is 4.79 Å². The van der Waals surface area contributed by atoms with Gasteiger partial charge in [0.05, 0.1) is 22.8 Å². The summed E-state index contributed by atoms with van der Waals surface area (Å²) in [4.78, 5) is 12.8. The van der Waals surface area contributed by atoms with Crippen molar-refractivity contribution < 1.29 is 31.1 Å². The average molecular weight is 468 g/mol. The number of hydrogen-bond acceptors (Lipinski definition) is 4. The van der Waals surface area contributed by atoms with Crippen molar-refractivity contribution in [2.45, 2.75) is 30.3 Å². The number of anilines is 1. The van der Waals surface area contributed by atoms with Gasteiger partial charge in [0, 0.05) is 19.5 Å². The fraction of sp³-hybridized carbons (Fsp3) is 0.409. The van der Waals surface area contributed by atoms with Crippen LogP contribution in [0.5, 0.6) is 5.75 Å². The summed E-state index contributed by atoms with van der Waals surface area (Å²) in [7, 11) is -3.65. The molecule has 0 radical (unpaired) electrons. The van der Waals surface area contributed by atoms with Crippen LogP contribution < -0.4 is 10.1 Å². The van der Waals surface area contributed by atoms with E-state index in [1.807, 2.05) is 0 Å². The molecule has 0 spiro atoms. The summed E-state index contributed by atoms with van der Waals surface area (Å²) >= 11 is 0. The molecule has 2 aliphatic rings. The van der Waals surface area contributed by atoms with Gasteiger partial charge in [-0.05, 0) is 55.0 Å². The highest BCUT2D eigenvalue weighted by Crippen LogP contribution is 2.37.